The van der Waals surface area contributed by atoms with Crippen molar-refractivity contribution in [1.29, 1.82) is 0 Å². The molecule has 0 bridgehead atoms. The molecule has 12 heavy (non-hydrogen) atoms. The van der Waals surface area contributed by atoms with Gasteiger partial charge in [0.05, 0.1) is 12.1 Å². The Hall–Kier alpha value is -1.22. The first kappa shape index (κ1) is 8.87. The number of ether oxygens (including phenoxy) is 2. The van der Waals surface area contributed by atoms with Crippen LogP contribution >= 0.6 is 11.6 Å². The predicted octanol–water partition coefficient (Wildman–Crippen LogP) is 1.79. The van der Waals surface area contributed by atoms with Crippen molar-refractivity contribution in [3.8, 4) is 11.5 Å². The molecule has 0 saturated heterocycles. The minimum atomic E-state index is 0.343. The van der Waals surface area contributed by atoms with E-state index >= 15 is 0 Å². The highest BCUT2D eigenvalue weighted by molar-refractivity contribution is 6.32. The van der Waals surface area contributed by atoms with E-state index in [4.69, 9.17) is 16.3 Å². The maximum absolute atomic E-state index is 9.82. The zero-order valence-electron chi connectivity index (χ0n) is 6.33. The number of benzene rings is 1. The smallest absolute Gasteiger partial charge is 0.423 e. The molecule has 0 atom stereocenters. The molecule has 0 aliphatic heterocycles. The van der Waals surface area contributed by atoms with Crippen LogP contribution in [0, 0.1) is 0 Å². The van der Waals surface area contributed by atoms with E-state index in [-0.39, 0.29) is 0 Å². The van der Waals surface area contributed by atoms with E-state index in [1.807, 2.05) is 0 Å². The molecule has 1 aromatic carbocycles. The standard InChI is InChI=1S/C8H6ClO3/c1-11-8-3-2-6(12-5-10)4-7(8)9/h2-4H,1H3. The minimum absolute atomic E-state index is 0.343. The lowest BCUT2D eigenvalue weighted by Crippen LogP contribution is -1.89. The van der Waals surface area contributed by atoms with Crippen LogP contribution in [0.25, 0.3) is 0 Å². The monoisotopic (exact) mass is 185 g/mol. The molecule has 0 aliphatic carbocycles. The molecule has 4 heteroatoms. The molecule has 1 rings (SSSR count). The van der Waals surface area contributed by atoms with Gasteiger partial charge in [-0.25, -0.2) is 4.79 Å². The maximum atomic E-state index is 9.82. The van der Waals surface area contributed by atoms with E-state index in [2.05, 4.69) is 4.74 Å². The normalized spacial score (nSPS) is 9.17. The van der Waals surface area contributed by atoms with Gasteiger partial charge in [-0.1, -0.05) is 11.6 Å². The fourth-order valence-corrected chi connectivity index (χ4v) is 1.01. The molecule has 0 unspecified atom stereocenters. The summed E-state index contributed by atoms with van der Waals surface area (Å²) in [6.45, 7) is 1.30. The Kier molecular flexibility index (Phi) is 2.94. The number of halogens is 1. The zero-order valence-corrected chi connectivity index (χ0v) is 7.09. The van der Waals surface area contributed by atoms with Gasteiger partial charge in [-0.2, -0.15) is 0 Å². The van der Waals surface area contributed by atoms with Crippen molar-refractivity contribution < 1.29 is 14.3 Å². The second kappa shape index (κ2) is 3.97. The molecule has 0 N–H and O–H groups in total. The summed E-state index contributed by atoms with van der Waals surface area (Å²) in [5.41, 5.74) is 0. The van der Waals surface area contributed by atoms with Gasteiger partial charge in [0.2, 0.25) is 0 Å². The number of hydrogen-bond acceptors (Lipinski definition) is 3. The van der Waals surface area contributed by atoms with Crippen LogP contribution in [0.4, 0.5) is 0 Å². The fraction of sp³-hybridized carbons (Fsp3) is 0.125. The first-order valence-corrected chi connectivity index (χ1v) is 3.53. The predicted molar refractivity (Wildman–Crippen MR) is 44.3 cm³/mol. The van der Waals surface area contributed by atoms with E-state index < -0.39 is 0 Å². The van der Waals surface area contributed by atoms with Crippen molar-refractivity contribution in [2.24, 2.45) is 0 Å². The fourth-order valence-electron chi connectivity index (χ4n) is 0.759. The Bertz CT molecular complexity index is 286. The minimum Gasteiger partial charge on any atom is -0.495 e. The van der Waals surface area contributed by atoms with Gasteiger partial charge < -0.3 is 9.47 Å². The number of hydrogen-bond donors (Lipinski definition) is 0. The van der Waals surface area contributed by atoms with Crippen molar-refractivity contribution in [1.82, 2.24) is 0 Å². The molecule has 0 aromatic heterocycles. The van der Waals surface area contributed by atoms with E-state index in [1.165, 1.54) is 19.6 Å². The van der Waals surface area contributed by atoms with E-state index in [1.54, 1.807) is 12.1 Å². The summed E-state index contributed by atoms with van der Waals surface area (Å²) >= 11 is 5.73. The first-order chi connectivity index (χ1) is 5.77. The molecular weight excluding hydrogens is 180 g/mol. The summed E-state index contributed by atoms with van der Waals surface area (Å²) in [6.07, 6.45) is 0. The van der Waals surface area contributed by atoms with Crippen LogP contribution in [0.3, 0.4) is 0 Å². The molecule has 0 saturated carbocycles. The van der Waals surface area contributed by atoms with Crippen molar-refractivity contribution in [3.05, 3.63) is 23.2 Å². The summed E-state index contributed by atoms with van der Waals surface area (Å²) < 4.78 is 9.33. The summed E-state index contributed by atoms with van der Waals surface area (Å²) in [5.74, 6) is 0.880. The van der Waals surface area contributed by atoms with Gasteiger partial charge in [0.1, 0.15) is 11.5 Å². The number of carbonyl (C=O) groups excluding carboxylic acids is 1. The number of rotatable bonds is 3. The first-order valence-electron chi connectivity index (χ1n) is 3.15. The van der Waals surface area contributed by atoms with E-state index in [0.29, 0.717) is 16.5 Å². The topological polar surface area (TPSA) is 35.5 Å². The van der Waals surface area contributed by atoms with Crippen LogP contribution in [-0.4, -0.2) is 13.6 Å². The third-order valence-electron chi connectivity index (χ3n) is 1.28. The van der Waals surface area contributed by atoms with Gasteiger partial charge in [-0.3, -0.25) is 0 Å². The lowest BCUT2D eigenvalue weighted by atomic mass is 10.3. The third-order valence-corrected chi connectivity index (χ3v) is 1.58. The molecule has 0 heterocycles. The summed E-state index contributed by atoms with van der Waals surface area (Å²) in [7, 11) is 1.51. The average molecular weight is 186 g/mol. The third kappa shape index (κ3) is 1.89. The molecule has 3 nitrogen and oxygen atoms in total. The number of methoxy groups -OCH3 is 1. The van der Waals surface area contributed by atoms with E-state index in [9.17, 15) is 4.79 Å². The molecule has 63 valence electrons. The van der Waals surface area contributed by atoms with Crippen LogP contribution in [0.5, 0.6) is 11.5 Å². The van der Waals surface area contributed by atoms with E-state index in [0.717, 1.165) is 0 Å². The van der Waals surface area contributed by atoms with Gasteiger partial charge in [0.15, 0.2) is 0 Å². The summed E-state index contributed by atoms with van der Waals surface area (Å²) in [6, 6.07) is 4.65. The highest BCUT2D eigenvalue weighted by atomic mass is 35.5. The Balaban J connectivity index is 2.93. The molecule has 1 radical (unpaired) electrons. The quantitative estimate of drug-likeness (QED) is 0.720. The average Bonchev–Trinajstić information content (AvgIpc) is 2.05. The molecule has 1 aromatic rings. The zero-order chi connectivity index (χ0) is 8.97. The summed E-state index contributed by atoms with van der Waals surface area (Å²) in [5, 5.41) is 0.394. The molecular formula is C8H6ClO3. The van der Waals surface area contributed by atoms with Crippen LogP contribution < -0.4 is 9.47 Å². The van der Waals surface area contributed by atoms with Crippen molar-refractivity contribution in [2.45, 2.75) is 0 Å². The van der Waals surface area contributed by atoms with Crippen molar-refractivity contribution in [2.75, 3.05) is 7.11 Å². The van der Waals surface area contributed by atoms with Crippen LogP contribution in [0.1, 0.15) is 0 Å². The lowest BCUT2D eigenvalue weighted by Gasteiger charge is -2.02. The Morgan fingerprint density at radius 2 is 2.25 bits per heavy atom. The van der Waals surface area contributed by atoms with Gasteiger partial charge in [0, 0.05) is 6.07 Å². The molecule has 0 aliphatic rings. The molecule has 0 fully saturated rings. The van der Waals surface area contributed by atoms with Gasteiger partial charge in [-0.05, 0) is 12.1 Å². The van der Waals surface area contributed by atoms with Crippen molar-refractivity contribution >= 4 is 18.1 Å². The highest BCUT2D eigenvalue weighted by Crippen LogP contribution is 2.27. The van der Waals surface area contributed by atoms with Gasteiger partial charge in [-0.15, -0.1) is 0 Å². The molecule has 0 spiro atoms. The Labute approximate surface area is 74.9 Å². The van der Waals surface area contributed by atoms with Crippen molar-refractivity contribution in [3.63, 3.8) is 0 Å². The Morgan fingerprint density at radius 1 is 1.50 bits per heavy atom. The largest absolute Gasteiger partial charge is 0.495 e. The lowest BCUT2D eigenvalue weighted by molar-refractivity contribution is 0.412. The second-order valence-electron chi connectivity index (χ2n) is 1.98. The van der Waals surface area contributed by atoms with Crippen LogP contribution in [-0.2, 0) is 4.79 Å². The molecule has 0 amide bonds. The summed E-state index contributed by atoms with van der Waals surface area (Å²) in [4.78, 5) is 9.82. The highest BCUT2D eigenvalue weighted by Gasteiger charge is 2.01. The second-order valence-corrected chi connectivity index (χ2v) is 2.39. The van der Waals surface area contributed by atoms with Gasteiger partial charge >= 0.3 is 6.47 Å². The SMILES string of the molecule is COc1ccc(O[C]=O)cc1Cl. The van der Waals surface area contributed by atoms with Crippen LogP contribution in [0.15, 0.2) is 18.2 Å². The Morgan fingerprint density at radius 3 is 2.75 bits per heavy atom. The maximum Gasteiger partial charge on any atom is 0.423 e. The van der Waals surface area contributed by atoms with Gasteiger partial charge in [0.25, 0.3) is 0 Å². The van der Waals surface area contributed by atoms with Crippen LogP contribution in [0.2, 0.25) is 5.02 Å².